The molecule has 1 aromatic heterocycles. The zero-order valence-corrected chi connectivity index (χ0v) is 8.25. The quantitative estimate of drug-likeness (QED) is 0.741. The van der Waals surface area contributed by atoms with Crippen molar-refractivity contribution in [2.45, 2.75) is 24.3 Å². The Hall–Kier alpha value is -0.570. The first kappa shape index (κ1) is 8.05. The van der Waals surface area contributed by atoms with Crippen LogP contribution in [0, 0.1) is 0 Å². The van der Waals surface area contributed by atoms with Gasteiger partial charge in [-0.2, -0.15) is 0 Å². The minimum Gasteiger partial charge on any atom is -0.489 e. The van der Waals surface area contributed by atoms with Crippen LogP contribution in [0.15, 0.2) is 18.3 Å². The Morgan fingerprint density at radius 2 is 2.33 bits per heavy atom. The molecule has 64 valence electrons. The second-order valence-electron chi connectivity index (χ2n) is 2.94. The Balaban J connectivity index is 2.02. The summed E-state index contributed by atoms with van der Waals surface area (Å²) in [6.07, 6.45) is 4.64. The fourth-order valence-electron chi connectivity index (χ4n) is 0.938. The van der Waals surface area contributed by atoms with E-state index in [1.807, 2.05) is 12.1 Å². The number of pyridine rings is 1. The van der Waals surface area contributed by atoms with Crippen LogP contribution in [0.25, 0.3) is 0 Å². The van der Waals surface area contributed by atoms with Gasteiger partial charge in [-0.15, -0.1) is 0 Å². The molecule has 0 N–H and O–H groups in total. The van der Waals surface area contributed by atoms with Crippen molar-refractivity contribution in [3.63, 3.8) is 0 Å². The van der Waals surface area contributed by atoms with Gasteiger partial charge < -0.3 is 4.74 Å². The Kier molecular flexibility index (Phi) is 2.30. The number of rotatable bonds is 3. The Bertz CT molecular complexity index is 256. The van der Waals surface area contributed by atoms with Gasteiger partial charge in [-0.3, -0.25) is 4.98 Å². The highest BCUT2D eigenvalue weighted by Gasteiger charge is 2.23. The lowest BCUT2D eigenvalue weighted by Crippen LogP contribution is -1.96. The van der Waals surface area contributed by atoms with Crippen molar-refractivity contribution in [2.75, 3.05) is 0 Å². The van der Waals surface area contributed by atoms with Crippen molar-refractivity contribution in [1.29, 1.82) is 0 Å². The fourth-order valence-corrected chi connectivity index (χ4v) is 1.27. The molecule has 1 saturated carbocycles. The highest BCUT2D eigenvalue weighted by Crippen LogP contribution is 2.26. The van der Waals surface area contributed by atoms with Crippen LogP contribution in [0.4, 0.5) is 0 Å². The molecular formula is C9H10BrNO. The van der Waals surface area contributed by atoms with Gasteiger partial charge in [0.15, 0.2) is 0 Å². The molecule has 0 saturated heterocycles. The molecule has 0 unspecified atom stereocenters. The van der Waals surface area contributed by atoms with Crippen LogP contribution in [0.3, 0.4) is 0 Å². The zero-order chi connectivity index (χ0) is 8.39. The van der Waals surface area contributed by atoms with E-state index in [1.165, 1.54) is 12.8 Å². The second-order valence-corrected chi connectivity index (χ2v) is 3.50. The predicted octanol–water partition coefficient (Wildman–Crippen LogP) is 2.52. The molecule has 0 spiro atoms. The lowest BCUT2D eigenvalue weighted by molar-refractivity contribution is 0.302. The molecular weight excluding hydrogens is 218 g/mol. The van der Waals surface area contributed by atoms with Gasteiger partial charge in [-0.05, 0) is 25.0 Å². The molecule has 0 radical (unpaired) electrons. The third-order valence-corrected chi connectivity index (χ3v) is 2.34. The summed E-state index contributed by atoms with van der Waals surface area (Å²) in [6, 6.07) is 3.95. The van der Waals surface area contributed by atoms with Gasteiger partial charge in [0.25, 0.3) is 0 Å². The molecule has 0 aliphatic heterocycles. The summed E-state index contributed by atoms with van der Waals surface area (Å²) in [4.78, 5) is 4.21. The number of aromatic nitrogens is 1. The van der Waals surface area contributed by atoms with Crippen LogP contribution in [-0.4, -0.2) is 11.1 Å². The van der Waals surface area contributed by atoms with Crippen LogP contribution < -0.4 is 4.74 Å². The minimum atomic E-state index is 0.460. The Morgan fingerprint density at radius 3 is 2.83 bits per heavy atom. The summed E-state index contributed by atoms with van der Waals surface area (Å²) in [6.45, 7) is 0. The molecule has 1 aromatic rings. The average molecular weight is 228 g/mol. The van der Waals surface area contributed by atoms with Crippen molar-refractivity contribution >= 4 is 15.9 Å². The van der Waals surface area contributed by atoms with Gasteiger partial charge >= 0.3 is 0 Å². The highest BCUT2D eigenvalue weighted by molar-refractivity contribution is 9.08. The van der Waals surface area contributed by atoms with E-state index in [2.05, 4.69) is 20.9 Å². The number of nitrogens with zero attached hydrogens (tertiary/aromatic N) is 1. The second kappa shape index (κ2) is 3.44. The van der Waals surface area contributed by atoms with Gasteiger partial charge in [-0.25, -0.2) is 0 Å². The molecule has 0 aromatic carbocycles. The van der Waals surface area contributed by atoms with Gasteiger partial charge in [0.05, 0.1) is 18.0 Å². The van der Waals surface area contributed by atoms with E-state index >= 15 is 0 Å². The number of hydrogen-bond acceptors (Lipinski definition) is 2. The van der Waals surface area contributed by atoms with Crippen LogP contribution in [0.2, 0.25) is 0 Å². The molecule has 1 heterocycles. The van der Waals surface area contributed by atoms with Crippen LogP contribution >= 0.6 is 15.9 Å². The SMILES string of the molecule is BrCc1ccc(OC2CC2)cn1. The predicted molar refractivity (Wildman–Crippen MR) is 50.5 cm³/mol. The molecule has 0 bridgehead atoms. The largest absolute Gasteiger partial charge is 0.489 e. The van der Waals surface area contributed by atoms with E-state index in [0.717, 1.165) is 16.8 Å². The highest BCUT2D eigenvalue weighted by atomic mass is 79.9. The fraction of sp³-hybridized carbons (Fsp3) is 0.444. The lowest BCUT2D eigenvalue weighted by atomic mass is 10.4. The minimum absolute atomic E-state index is 0.460. The third kappa shape index (κ3) is 1.97. The van der Waals surface area contributed by atoms with Crippen molar-refractivity contribution in [2.24, 2.45) is 0 Å². The smallest absolute Gasteiger partial charge is 0.138 e. The van der Waals surface area contributed by atoms with Crippen molar-refractivity contribution < 1.29 is 4.74 Å². The summed E-state index contributed by atoms with van der Waals surface area (Å²) >= 11 is 3.34. The molecule has 1 fully saturated rings. The molecule has 1 aliphatic rings. The van der Waals surface area contributed by atoms with Gasteiger partial charge in [0.1, 0.15) is 5.75 Å². The number of alkyl halides is 1. The summed E-state index contributed by atoms with van der Waals surface area (Å²) in [5, 5.41) is 0.802. The monoisotopic (exact) mass is 227 g/mol. The first-order valence-corrected chi connectivity index (χ1v) is 5.18. The first-order chi connectivity index (χ1) is 5.88. The maximum atomic E-state index is 5.55. The van der Waals surface area contributed by atoms with Gasteiger partial charge in [0.2, 0.25) is 0 Å². The molecule has 2 nitrogen and oxygen atoms in total. The third-order valence-electron chi connectivity index (χ3n) is 1.76. The molecule has 0 amide bonds. The maximum Gasteiger partial charge on any atom is 0.138 e. The number of halogens is 1. The zero-order valence-electron chi connectivity index (χ0n) is 6.66. The summed E-state index contributed by atoms with van der Waals surface area (Å²) in [5.74, 6) is 0.891. The van der Waals surface area contributed by atoms with Crippen LogP contribution in [-0.2, 0) is 5.33 Å². The van der Waals surface area contributed by atoms with Crippen molar-refractivity contribution in [1.82, 2.24) is 4.98 Å². The van der Waals surface area contributed by atoms with Crippen LogP contribution in [0.5, 0.6) is 5.75 Å². The van der Waals surface area contributed by atoms with E-state index < -0.39 is 0 Å². The summed E-state index contributed by atoms with van der Waals surface area (Å²) in [5.41, 5.74) is 1.04. The van der Waals surface area contributed by atoms with Gasteiger partial charge in [-0.1, -0.05) is 15.9 Å². The van der Waals surface area contributed by atoms with Crippen molar-refractivity contribution in [3.8, 4) is 5.75 Å². The van der Waals surface area contributed by atoms with Crippen molar-refractivity contribution in [3.05, 3.63) is 24.0 Å². The average Bonchev–Trinajstić information content (AvgIpc) is 2.90. The van der Waals surface area contributed by atoms with E-state index in [-0.39, 0.29) is 0 Å². The lowest BCUT2D eigenvalue weighted by Gasteiger charge is -2.02. The van der Waals surface area contributed by atoms with E-state index in [4.69, 9.17) is 4.74 Å². The summed E-state index contributed by atoms with van der Waals surface area (Å²) < 4.78 is 5.55. The van der Waals surface area contributed by atoms with E-state index in [1.54, 1.807) is 6.20 Å². The molecule has 2 rings (SSSR count). The molecule has 1 aliphatic carbocycles. The molecule has 0 atom stereocenters. The molecule has 3 heteroatoms. The van der Waals surface area contributed by atoms with Gasteiger partial charge in [0, 0.05) is 5.33 Å². The summed E-state index contributed by atoms with van der Waals surface area (Å²) in [7, 11) is 0. The number of hydrogen-bond donors (Lipinski definition) is 0. The van der Waals surface area contributed by atoms with E-state index in [0.29, 0.717) is 6.10 Å². The van der Waals surface area contributed by atoms with Crippen LogP contribution in [0.1, 0.15) is 18.5 Å². The topological polar surface area (TPSA) is 22.1 Å². The Morgan fingerprint density at radius 1 is 1.50 bits per heavy atom. The first-order valence-electron chi connectivity index (χ1n) is 4.06. The standard InChI is InChI=1S/C9H10BrNO/c10-5-7-1-2-9(6-11-7)12-8-3-4-8/h1-2,6,8H,3-5H2. The maximum absolute atomic E-state index is 5.55. The molecule has 12 heavy (non-hydrogen) atoms. The Labute approximate surface area is 80.1 Å². The normalized spacial score (nSPS) is 16.1. The number of ether oxygens (including phenoxy) is 1. The van der Waals surface area contributed by atoms with E-state index in [9.17, 15) is 0 Å².